The second-order valence-corrected chi connectivity index (χ2v) is 7.74. The number of para-hydroxylation sites is 1. The van der Waals surface area contributed by atoms with Crippen molar-refractivity contribution in [2.45, 2.75) is 17.7 Å². The van der Waals surface area contributed by atoms with E-state index in [1.54, 1.807) is 36.4 Å². The van der Waals surface area contributed by atoms with Gasteiger partial charge in [-0.1, -0.05) is 17.3 Å². The van der Waals surface area contributed by atoms with E-state index >= 15 is 0 Å². The number of hydrogen-bond acceptors (Lipinski definition) is 7. The Labute approximate surface area is 150 Å². The Morgan fingerprint density at radius 2 is 2.04 bits per heavy atom. The summed E-state index contributed by atoms with van der Waals surface area (Å²) in [6.07, 6.45) is 1.53. The van der Waals surface area contributed by atoms with Crippen molar-refractivity contribution in [2.24, 2.45) is 0 Å². The third-order valence-corrected chi connectivity index (χ3v) is 6.02. The van der Waals surface area contributed by atoms with Gasteiger partial charge in [0.15, 0.2) is 5.76 Å². The number of sulfonamides is 1. The quantitative estimate of drug-likeness (QED) is 0.653. The maximum absolute atomic E-state index is 12.8. The molecule has 0 radical (unpaired) electrons. The molecule has 0 bridgehead atoms. The highest BCUT2D eigenvalue weighted by atomic mass is 32.2. The first-order chi connectivity index (χ1) is 12.6. The number of hydrogen-bond donors (Lipinski definition) is 0. The lowest BCUT2D eigenvalue weighted by atomic mass is 10.0. The summed E-state index contributed by atoms with van der Waals surface area (Å²) in [6, 6.07) is 10.1. The predicted octanol–water partition coefficient (Wildman–Crippen LogP) is 2.52. The van der Waals surface area contributed by atoms with Gasteiger partial charge in [0.25, 0.3) is 0 Å². The van der Waals surface area contributed by atoms with Crippen molar-refractivity contribution in [3.8, 4) is 17.3 Å². The van der Waals surface area contributed by atoms with E-state index in [-0.39, 0.29) is 23.9 Å². The molecule has 9 heteroatoms. The van der Waals surface area contributed by atoms with Crippen LogP contribution in [0.5, 0.6) is 5.75 Å². The van der Waals surface area contributed by atoms with Crippen molar-refractivity contribution in [1.29, 1.82) is 0 Å². The summed E-state index contributed by atoms with van der Waals surface area (Å²) in [5.74, 6) is 1.49. The van der Waals surface area contributed by atoms with E-state index in [1.807, 2.05) is 6.92 Å². The van der Waals surface area contributed by atoms with Gasteiger partial charge >= 0.3 is 0 Å². The van der Waals surface area contributed by atoms with Crippen LogP contribution in [0.3, 0.4) is 0 Å². The first-order valence-electron chi connectivity index (χ1n) is 8.19. The molecule has 1 saturated heterocycles. The molecular weight excluding hydrogens is 358 g/mol. The van der Waals surface area contributed by atoms with Gasteiger partial charge in [0.05, 0.1) is 18.8 Å². The highest BCUT2D eigenvalue weighted by molar-refractivity contribution is 7.89. The fraction of sp³-hybridized carbons (Fsp3) is 0.294. The van der Waals surface area contributed by atoms with E-state index in [4.69, 9.17) is 13.7 Å². The SMILES string of the molecule is CCOc1ccccc1S(=O)(=O)N1CC(c2nc(-c3ccco3)no2)C1. The number of rotatable bonds is 6. The molecule has 0 spiro atoms. The van der Waals surface area contributed by atoms with Crippen LogP contribution in [0.15, 0.2) is 56.5 Å². The first-order valence-corrected chi connectivity index (χ1v) is 9.63. The van der Waals surface area contributed by atoms with Crippen molar-refractivity contribution in [3.05, 3.63) is 48.6 Å². The molecule has 0 amide bonds. The van der Waals surface area contributed by atoms with Gasteiger partial charge in [-0.3, -0.25) is 0 Å². The Kier molecular flexibility index (Phi) is 4.25. The molecule has 1 aliphatic heterocycles. The summed E-state index contributed by atoms with van der Waals surface area (Å²) in [5.41, 5.74) is 0. The van der Waals surface area contributed by atoms with Crippen LogP contribution in [-0.2, 0) is 10.0 Å². The van der Waals surface area contributed by atoms with Gasteiger partial charge < -0.3 is 13.7 Å². The molecule has 0 N–H and O–H groups in total. The molecule has 0 atom stereocenters. The van der Waals surface area contributed by atoms with Crippen LogP contribution in [0.1, 0.15) is 18.7 Å². The van der Waals surface area contributed by atoms with Crippen molar-refractivity contribution in [1.82, 2.24) is 14.4 Å². The summed E-state index contributed by atoms with van der Waals surface area (Å²) in [7, 11) is -3.63. The molecule has 3 aromatic rings. The highest BCUT2D eigenvalue weighted by Gasteiger charge is 2.41. The van der Waals surface area contributed by atoms with Crippen LogP contribution in [0, 0.1) is 0 Å². The van der Waals surface area contributed by atoms with Crippen LogP contribution < -0.4 is 4.74 Å². The molecule has 8 nitrogen and oxygen atoms in total. The van der Waals surface area contributed by atoms with E-state index in [2.05, 4.69) is 10.1 Å². The Morgan fingerprint density at radius 1 is 1.23 bits per heavy atom. The number of benzene rings is 1. The van der Waals surface area contributed by atoms with Crippen molar-refractivity contribution in [2.75, 3.05) is 19.7 Å². The Hall–Kier alpha value is -2.65. The van der Waals surface area contributed by atoms with E-state index in [9.17, 15) is 8.42 Å². The molecule has 4 rings (SSSR count). The molecular formula is C17H17N3O5S. The predicted molar refractivity (Wildman–Crippen MR) is 91.1 cm³/mol. The van der Waals surface area contributed by atoms with Crippen LogP contribution in [0.25, 0.3) is 11.6 Å². The van der Waals surface area contributed by atoms with Crippen molar-refractivity contribution in [3.63, 3.8) is 0 Å². The zero-order valence-electron chi connectivity index (χ0n) is 14.0. The third-order valence-electron chi connectivity index (χ3n) is 4.15. The summed E-state index contributed by atoms with van der Waals surface area (Å²) in [4.78, 5) is 4.46. The molecule has 0 saturated carbocycles. The maximum Gasteiger partial charge on any atom is 0.246 e. The smallest absolute Gasteiger partial charge is 0.246 e. The van der Waals surface area contributed by atoms with Crippen molar-refractivity contribution >= 4 is 10.0 Å². The number of aromatic nitrogens is 2. The van der Waals surface area contributed by atoms with Gasteiger partial charge in [-0.25, -0.2) is 8.42 Å². The standard InChI is InChI=1S/C17H17N3O5S/c1-2-23-13-6-3-4-8-15(13)26(21,22)20-10-12(11-20)17-18-16(19-25-17)14-7-5-9-24-14/h3-9,12H,2,10-11H2,1H3. The lowest BCUT2D eigenvalue weighted by Gasteiger charge is -2.36. The van der Waals surface area contributed by atoms with Crippen LogP contribution >= 0.6 is 0 Å². The Morgan fingerprint density at radius 3 is 2.77 bits per heavy atom. The molecule has 2 aromatic heterocycles. The average molecular weight is 375 g/mol. The number of nitrogens with zero attached hydrogens (tertiary/aromatic N) is 3. The molecule has 0 unspecified atom stereocenters. The maximum atomic E-state index is 12.8. The van der Waals surface area contributed by atoms with E-state index in [1.165, 1.54) is 10.6 Å². The summed E-state index contributed by atoms with van der Waals surface area (Å²) in [6.45, 7) is 2.77. The zero-order valence-corrected chi connectivity index (χ0v) is 14.8. The lowest BCUT2D eigenvalue weighted by Crippen LogP contribution is -2.48. The lowest BCUT2D eigenvalue weighted by molar-refractivity contribution is 0.216. The summed E-state index contributed by atoms with van der Waals surface area (Å²) >= 11 is 0. The van der Waals surface area contributed by atoms with E-state index < -0.39 is 10.0 Å². The minimum atomic E-state index is -3.63. The topological polar surface area (TPSA) is 98.7 Å². The molecule has 3 heterocycles. The summed E-state index contributed by atoms with van der Waals surface area (Å²) < 4.78 is 43.0. The van der Waals surface area contributed by atoms with Gasteiger partial charge in [0, 0.05) is 13.1 Å². The molecule has 1 fully saturated rings. The molecule has 0 aliphatic carbocycles. The minimum Gasteiger partial charge on any atom is -0.492 e. The normalized spacial score (nSPS) is 15.7. The van der Waals surface area contributed by atoms with Crippen LogP contribution in [0.4, 0.5) is 0 Å². The largest absolute Gasteiger partial charge is 0.492 e. The molecule has 136 valence electrons. The molecule has 1 aliphatic rings. The fourth-order valence-electron chi connectivity index (χ4n) is 2.77. The third kappa shape index (κ3) is 2.89. The van der Waals surface area contributed by atoms with Gasteiger partial charge in [0.1, 0.15) is 10.6 Å². The van der Waals surface area contributed by atoms with Gasteiger partial charge in [0.2, 0.25) is 21.7 Å². The first kappa shape index (κ1) is 16.8. The van der Waals surface area contributed by atoms with E-state index in [0.717, 1.165) is 0 Å². The van der Waals surface area contributed by atoms with Gasteiger partial charge in [-0.05, 0) is 31.2 Å². The monoisotopic (exact) mass is 375 g/mol. The second-order valence-electron chi connectivity index (χ2n) is 5.83. The van der Waals surface area contributed by atoms with Gasteiger partial charge in [-0.15, -0.1) is 0 Å². The van der Waals surface area contributed by atoms with Crippen molar-refractivity contribution < 1.29 is 22.1 Å². The fourth-order valence-corrected chi connectivity index (χ4v) is 4.44. The van der Waals surface area contributed by atoms with Gasteiger partial charge in [-0.2, -0.15) is 9.29 Å². The van der Waals surface area contributed by atoms with Crippen LogP contribution in [-0.4, -0.2) is 42.6 Å². The summed E-state index contributed by atoms with van der Waals surface area (Å²) in [5, 5.41) is 3.88. The second kappa shape index (κ2) is 6.58. The highest BCUT2D eigenvalue weighted by Crippen LogP contribution is 2.35. The number of ether oxygens (including phenoxy) is 1. The van der Waals surface area contributed by atoms with Crippen LogP contribution in [0.2, 0.25) is 0 Å². The zero-order chi connectivity index (χ0) is 18.1. The van der Waals surface area contributed by atoms with E-state index in [0.29, 0.717) is 29.8 Å². The average Bonchev–Trinajstić information content (AvgIpc) is 3.25. The molecule has 1 aromatic carbocycles. The Bertz CT molecular complexity index is 991. The number of furan rings is 1. The minimum absolute atomic E-state index is 0.139. The molecule has 26 heavy (non-hydrogen) atoms. The Balaban J connectivity index is 1.49.